The molecule has 0 N–H and O–H groups in total. The maximum atomic E-state index is 13.4. The number of carbonyl (C=O) groups excluding carboxylic acids is 2. The molecular weight excluding hydrogens is 568 g/mol. The van der Waals surface area contributed by atoms with Crippen LogP contribution in [0.4, 0.5) is 0 Å². The Morgan fingerprint density at radius 2 is 1.43 bits per heavy atom. The van der Waals surface area contributed by atoms with E-state index in [1.807, 2.05) is 49.4 Å². The first-order chi connectivity index (χ1) is 22.5. The maximum absolute atomic E-state index is 13.4. The van der Waals surface area contributed by atoms with Crippen LogP contribution in [0.2, 0.25) is 0 Å². The van der Waals surface area contributed by atoms with Crippen molar-refractivity contribution in [3.63, 3.8) is 0 Å². The number of fused-ring (bicyclic) bond motifs is 1. The van der Waals surface area contributed by atoms with Crippen LogP contribution in [-0.2, 0) is 28.8 Å². The second-order valence-electron chi connectivity index (χ2n) is 13.3. The summed E-state index contributed by atoms with van der Waals surface area (Å²) >= 11 is 0. The van der Waals surface area contributed by atoms with Crippen molar-refractivity contribution in [3.8, 4) is 16.9 Å². The third-order valence-electron chi connectivity index (χ3n) is 9.46. The lowest BCUT2D eigenvalue weighted by atomic mass is 9.84. The average Bonchev–Trinajstić information content (AvgIpc) is 3.08. The fraction of sp³-hybridized carbons (Fsp3) is 0.524. The second kappa shape index (κ2) is 19.3. The van der Waals surface area contributed by atoms with E-state index in [0.717, 1.165) is 54.4 Å². The Kier molecular flexibility index (Phi) is 14.9. The van der Waals surface area contributed by atoms with Crippen molar-refractivity contribution in [2.75, 3.05) is 0 Å². The number of unbranched alkanes of at least 4 members (excludes halogenated alkanes) is 10. The molecule has 0 aromatic heterocycles. The third kappa shape index (κ3) is 11.1. The molecule has 0 saturated heterocycles. The van der Waals surface area contributed by atoms with Crippen molar-refractivity contribution < 1.29 is 19.1 Å². The van der Waals surface area contributed by atoms with Crippen molar-refractivity contribution in [2.45, 2.75) is 136 Å². The highest BCUT2D eigenvalue weighted by Gasteiger charge is 2.27. The van der Waals surface area contributed by atoms with Gasteiger partial charge < -0.3 is 9.47 Å². The van der Waals surface area contributed by atoms with Crippen LogP contribution in [0.5, 0.6) is 5.75 Å². The Balaban J connectivity index is 1.29. The van der Waals surface area contributed by atoms with Crippen LogP contribution in [0.3, 0.4) is 0 Å². The maximum Gasteiger partial charge on any atom is 0.344 e. The summed E-state index contributed by atoms with van der Waals surface area (Å²) in [7, 11) is 0. The number of hydrogen-bond donors (Lipinski definition) is 0. The Labute approximate surface area is 278 Å². The summed E-state index contributed by atoms with van der Waals surface area (Å²) < 4.78 is 11.7. The molecule has 0 bridgehead atoms. The molecule has 2 atom stereocenters. The minimum Gasteiger partial charge on any atom is -0.462 e. The first-order valence-corrected chi connectivity index (χ1v) is 18.2. The standard InChI is InChI=1S/C42H56O4/c1-4-6-8-10-11-12-13-15-19-33-22-24-34(25-23-33)39-20-16-17-21-40(39)42(44)46-38-29-28-35-30-37(27-26-36(35)31-38)41(43)45-32(3)18-14-9-7-5-2/h16-17,20-25,28-29,31-32,37H,4-15,18-19,26-27,30H2,1-3H3/t32-,37?/m1/s1. The molecule has 248 valence electrons. The summed E-state index contributed by atoms with van der Waals surface area (Å²) in [5.74, 6) is -0.00993. The summed E-state index contributed by atoms with van der Waals surface area (Å²) in [6, 6.07) is 22.1. The Morgan fingerprint density at radius 3 is 2.17 bits per heavy atom. The van der Waals surface area contributed by atoms with Crippen LogP contribution in [0.1, 0.15) is 138 Å². The van der Waals surface area contributed by atoms with Gasteiger partial charge in [-0.3, -0.25) is 4.79 Å². The number of carbonyl (C=O) groups is 2. The van der Waals surface area contributed by atoms with Gasteiger partial charge in [0.1, 0.15) is 5.75 Å². The summed E-state index contributed by atoms with van der Waals surface area (Å²) in [4.78, 5) is 26.3. The van der Waals surface area contributed by atoms with E-state index < -0.39 is 0 Å². The Bertz CT molecular complexity index is 1360. The number of ether oxygens (including phenoxy) is 2. The Morgan fingerprint density at radius 1 is 0.761 bits per heavy atom. The summed E-state index contributed by atoms with van der Waals surface area (Å²) in [6.45, 7) is 6.47. The highest BCUT2D eigenvalue weighted by Crippen LogP contribution is 2.31. The lowest BCUT2D eigenvalue weighted by molar-refractivity contribution is -0.154. The summed E-state index contributed by atoms with van der Waals surface area (Å²) in [5.41, 5.74) is 6.08. The molecule has 0 heterocycles. The van der Waals surface area contributed by atoms with E-state index in [-0.39, 0.29) is 24.0 Å². The molecule has 3 aromatic rings. The summed E-state index contributed by atoms with van der Waals surface area (Å²) in [5, 5.41) is 0. The zero-order valence-electron chi connectivity index (χ0n) is 28.7. The Hall–Kier alpha value is -3.40. The van der Waals surface area contributed by atoms with E-state index in [0.29, 0.717) is 17.7 Å². The van der Waals surface area contributed by atoms with Gasteiger partial charge in [0.2, 0.25) is 0 Å². The zero-order chi connectivity index (χ0) is 32.6. The fourth-order valence-electron chi connectivity index (χ4n) is 6.60. The normalized spacial score (nSPS) is 14.8. The SMILES string of the molecule is CCCCCCCCCCc1ccc(-c2ccccc2C(=O)Oc2ccc3c(c2)CCC(C(=O)O[C@H](C)CCCCCC)C3)cc1. The number of aryl methyl sites for hydroxylation is 2. The zero-order valence-corrected chi connectivity index (χ0v) is 28.7. The molecule has 0 radical (unpaired) electrons. The number of rotatable bonds is 19. The van der Waals surface area contributed by atoms with Crippen LogP contribution in [0.15, 0.2) is 66.7 Å². The molecule has 0 fully saturated rings. The molecule has 0 saturated carbocycles. The highest BCUT2D eigenvalue weighted by atomic mass is 16.5. The van der Waals surface area contributed by atoms with Gasteiger partial charge in [-0.05, 0) is 97.9 Å². The predicted octanol–water partition coefficient (Wildman–Crippen LogP) is 11.3. The molecule has 1 aliphatic rings. The smallest absolute Gasteiger partial charge is 0.344 e. The van der Waals surface area contributed by atoms with Gasteiger partial charge in [-0.2, -0.15) is 0 Å². The lowest BCUT2D eigenvalue weighted by Crippen LogP contribution is -2.27. The van der Waals surface area contributed by atoms with Gasteiger partial charge in [-0.15, -0.1) is 0 Å². The van der Waals surface area contributed by atoms with Gasteiger partial charge >= 0.3 is 11.9 Å². The molecule has 4 rings (SSSR count). The second-order valence-corrected chi connectivity index (χ2v) is 13.3. The van der Waals surface area contributed by atoms with Crippen LogP contribution < -0.4 is 4.74 Å². The minimum atomic E-state index is -0.358. The average molecular weight is 625 g/mol. The van der Waals surface area contributed by atoms with Crippen LogP contribution in [0.25, 0.3) is 11.1 Å². The van der Waals surface area contributed by atoms with Gasteiger partial charge in [0.05, 0.1) is 17.6 Å². The largest absolute Gasteiger partial charge is 0.462 e. The summed E-state index contributed by atoms with van der Waals surface area (Å²) in [6.07, 6.45) is 19.5. The molecule has 0 spiro atoms. The number of esters is 2. The molecule has 4 heteroatoms. The lowest BCUT2D eigenvalue weighted by Gasteiger charge is -2.25. The van der Waals surface area contributed by atoms with Gasteiger partial charge in [0.25, 0.3) is 0 Å². The van der Waals surface area contributed by atoms with Crippen molar-refractivity contribution >= 4 is 11.9 Å². The van der Waals surface area contributed by atoms with Crippen LogP contribution >= 0.6 is 0 Å². The molecular formula is C42H56O4. The van der Waals surface area contributed by atoms with Crippen LogP contribution in [-0.4, -0.2) is 18.0 Å². The fourth-order valence-corrected chi connectivity index (χ4v) is 6.60. The molecule has 3 aromatic carbocycles. The van der Waals surface area contributed by atoms with Gasteiger partial charge in [-0.1, -0.05) is 127 Å². The first-order valence-electron chi connectivity index (χ1n) is 18.2. The minimum absolute atomic E-state index is 0.0342. The van der Waals surface area contributed by atoms with Gasteiger partial charge in [0.15, 0.2) is 0 Å². The van der Waals surface area contributed by atoms with Crippen molar-refractivity contribution in [2.24, 2.45) is 5.92 Å². The molecule has 0 aliphatic heterocycles. The van der Waals surface area contributed by atoms with E-state index in [4.69, 9.17) is 9.47 Å². The monoisotopic (exact) mass is 624 g/mol. The number of hydrogen-bond acceptors (Lipinski definition) is 4. The molecule has 1 unspecified atom stereocenters. The topological polar surface area (TPSA) is 52.6 Å². The van der Waals surface area contributed by atoms with Crippen molar-refractivity contribution in [1.82, 2.24) is 0 Å². The van der Waals surface area contributed by atoms with Gasteiger partial charge in [-0.25, -0.2) is 4.79 Å². The van der Waals surface area contributed by atoms with Crippen LogP contribution in [0, 0.1) is 5.92 Å². The molecule has 4 nitrogen and oxygen atoms in total. The van der Waals surface area contributed by atoms with E-state index >= 15 is 0 Å². The van der Waals surface area contributed by atoms with E-state index in [1.54, 1.807) is 0 Å². The molecule has 1 aliphatic carbocycles. The van der Waals surface area contributed by atoms with Gasteiger partial charge in [0, 0.05) is 0 Å². The predicted molar refractivity (Wildman–Crippen MR) is 189 cm³/mol. The van der Waals surface area contributed by atoms with Crippen molar-refractivity contribution in [1.29, 1.82) is 0 Å². The van der Waals surface area contributed by atoms with Crippen molar-refractivity contribution in [3.05, 3.63) is 89.0 Å². The van der Waals surface area contributed by atoms with E-state index in [2.05, 4.69) is 38.1 Å². The van der Waals surface area contributed by atoms with E-state index in [9.17, 15) is 9.59 Å². The highest BCUT2D eigenvalue weighted by molar-refractivity contribution is 5.98. The third-order valence-corrected chi connectivity index (χ3v) is 9.46. The molecule has 46 heavy (non-hydrogen) atoms. The van der Waals surface area contributed by atoms with E-state index in [1.165, 1.54) is 76.2 Å². The number of benzene rings is 3. The first kappa shape index (κ1) is 35.5. The molecule has 0 amide bonds. The quantitative estimate of drug-likeness (QED) is 0.0756.